The zero-order chi connectivity index (χ0) is 13.8. The third kappa shape index (κ3) is 3.50. The Morgan fingerprint density at radius 3 is 2.89 bits per heavy atom. The van der Waals surface area contributed by atoms with Crippen molar-refractivity contribution in [2.75, 3.05) is 0 Å². The summed E-state index contributed by atoms with van der Waals surface area (Å²) in [4.78, 5) is 4.38. The van der Waals surface area contributed by atoms with Gasteiger partial charge >= 0.3 is 0 Å². The van der Waals surface area contributed by atoms with Gasteiger partial charge in [-0.05, 0) is 37.1 Å². The molecule has 2 rings (SSSR count). The highest BCUT2D eigenvalue weighted by Gasteiger charge is 2.11. The van der Waals surface area contributed by atoms with Crippen molar-refractivity contribution in [3.8, 4) is 17.2 Å². The number of benzene rings is 1. The second-order valence-corrected chi connectivity index (χ2v) is 5.97. The maximum absolute atomic E-state index is 9.50. The van der Waals surface area contributed by atoms with E-state index in [1.807, 2.05) is 24.8 Å². The van der Waals surface area contributed by atoms with Crippen molar-refractivity contribution < 1.29 is 9.63 Å². The van der Waals surface area contributed by atoms with Crippen LogP contribution < -0.4 is 0 Å². The zero-order valence-electron chi connectivity index (χ0n) is 11.4. The Balaban J connectivity index is 2.09. The summed E-state index contributed by atoms with van der Waals surface area (Å²) >= 11 is 1.82. The van der Waals surface area contributed by atoms with E-state index in [0.29, 0.717) is 17.0 Å². The molecule has 1 heterocycles. The first kappa shape index (κ1) is 13.9. The molecule has 0 bridgehead atoms. The molecule has 0 amide bonds. The molecule has 0 aliphatic carbocycles. The topological polar surface area (TPSA) is 59.2 Å². The summed E-state index contributed by atoms with van der Waals surface area (Å²) in [7, 11) is 0. The number of thioether (sulfide) groups is 1. The molecular weight excluding hydrogens is 260 g/mol. The molecule has 1 N–H and O–H groups in total. The van der Waals surface area contributed by atoms with Crippen LogP contribution in [0.5, 0.6) is 5.75 Å². The fourth-order valence-corrected chi connectivity index (χ4v) is 2.34. The zero-order valence-corrected chi connectivity index (χ0v) is 12.2. The first-order valence-electron chi connectivity index (χ1n) is 6.34. The first-order valence-corrected chi connectivity index (χ1v) is 7.39. The molecule has 5 heteroatoms. The fraction of sp³-hybridized carbons (Fsp3) is 0.429. The molecule has 0 fully saturated rings. The Kier molecular flexibility index (Phi) is 4.47. The van der Waals surface area contributed by atoms with Crippen molar-refractivity contribution in [2.24, 2.45) is 0 Å². The Morgan fingerprint density at radius 2 is 2.21 bits per heavy atom. The lowest BCUT2D eigenvalue weighted by molar-refractivity contribution is 0.425. The molecule has 1 aromatic carbocycles. The van der Waals surface area contributed by atoms with Gasteiger partial charge in [-0.1, -0.05) is 19.0 Å². The maximum Gasteiger partial charge on any atom is 0.257 e. The van der Waals surface area contributed by atoms with Gasteiger partial charge in [0.1, 0.15) is 5.75 Å². The van der Waals surface area contributed by atoms with E-state index < -0.39 is 0 Å². The van der Waals surface area contributed by atoms with Crippen LogP contribution >= 0.6 is 11.8 Å². The highest BCUT2D eigenvalue weighted by molar-refractivity contribution is 7.99. The van der Waals surface area contributed by atoms with Gasteiger partial charge in [0.15, 0.2) is 5.82 Å². The minimum atomic E-state index is 0.274. The number of nitrogens with zero attached hydrogens (tertiary/aromatic N) is 2. The predicted molar refractivity (Wildman–Crippen MR) is 77.2 cm³/mol. The number of hydrogen-bond donors (Lipinski definition) is 1. The van der Waals surface area contributed by atoms with E-state index in [-0.39, 0.29) is 5.75 Å². The third-order valence-electron chi connectivity index (χ3n) is 2.98. The third-order valence-corrected chi connectivity index (χ3v) is 4.31. The van der Waals surface area contributed by atoms with E-state index in [1.165, 1.54) is 0 Å². The number of aryl methyl sites for hydroxylation is 1. The predicted octanol–water partition coefficient (Wildman–Crippen LogP) is 3.78. The molecular formula is C14H18N2O2S. The van der Waals surface area contributed by atoms with Gasteiger partial charge in [-0.25, -0.2) is 0 Å². The molecule has 0 spiro atoms. The van der Waals surface area contributed by atoms with E-state index in [0.717, 1.165) is 23.3 Å². The van der Waals surface area contributed by atoms with Crippen LogP contribution in [0.1, 0.15) is 31.7 Å². The molecule has 1 atom stereocenters. The average Bonchev–Trinajstić information content (AvgIpc) is 2.88. The van der Waals surface area contributed by atoms with Crippen LogP contribution in [0.15, 0.2) is 22.7 Å². The highest BCUT2D eigenvalue weighted by Crippen LogP contribution is 2.25. The maximum atomic E-state index is 9.50. The molecule has 1 aromatic heterocycles. The summed E-state index contributed by atoms with van der Waals surface area (Å²) in [6.07, 6.45) is 1.13. The van der Waals surface area contributed by atoms with Crippen LogP contribution in [0.3, 0.4) is 0 Å². The van der Waals surface area contributed by atoms with E-state index >= 15 is 0 Å². The molecule has 0 radical (unpaired) electrons. The van der Waals surface area contributed by atoms with Crippen LogP contribution in [-0.4, -0.2) is 20.5 Å². The number of phenols is 1. The van der Waals surface area contributed by atoms with Gasteiger partial charge in [-0.3, -0.25) is 0 Å². The molecule has 2 aromatic rings. The van der Waals surface area contributed by atoms with Gasteiger partial charge in [0, 0.05) is 10.8 Å². The van der Waals surface area contributed by atoms with Crippen molar-refractivity contribution in [3.05, 3.63) is 29.6 Å². The standard InChI is InChI=1S/C14H18N2O2S/c1-4-10(3)19-8-13-15-14(18-16-13)11-5-6-12(17)9(2)7-11/h5-7,10,17H,4,8H2,1-3H3. The quantitative estimate of drug-likeness (QED) is 0.901. The number of rotatable bonds is 5. The van der Waals surface area contributed by atoms with Crippen LogP contribution in [0.4, 0.5) is 0 Å². The smallest absolute Gasteiger partial charge is 0.257 e. The van der Waals surface area contributed by atoms with E-state index in [4.69, 9.17) is 4.52 Å². The Hall–Kier alpha value is -1.49. The van der Waals surface area contributed by atoms with Crippen LogP contribution in [0.2, 0.25) is 0 Å². The Morgan fingerprint density at radius 1 is 1.42 bits per heavy atom. The van der Waals surface area contributed by atoms with Gasteiger partial charge in [-0.15, -0.1) is 0 Å². The summed E-state index contributed by atoms with van der Waals surface area (Å²) < 4.78 is 5.26. The SMILES string of the molecule is CCC(C)SCc1noc(-c2ccc(O)c(C)c2)n1. The number of phenolic OH excluding ortho intramolecular Hbond substituents is 1. The molecule has 19 heavy (non-hydrogen) atoms. The molecule has 0 saturated carbocycles. The van der Waals surface area contributed by atoms with Gasteiger partial charge < -0.3 is 9.63 Å². The monoisotopic (exact) mass is 278 g/mol. The number of aromatic nitrogens is 2. The minimum Gasteiger partial charge on any atom is -0.508 e. The lowest BCUT2D eigenvalue weighted by Crippen LogP contribution is -1.94. The highest BCUT2D eigenvalue weighted by atomic mass is 32.2. The molecule has 0 saturated heterocycles. The lowest BCUT2D eigenvalue weighted by atomic mass is 10.1. The van der Waals surface area contributed by atoms with Crippen molar-refractivity contribution in [1.29, 1.82) is 0 Å². The van der Waals surface area contributed by atoms with Crippen LogP contribution in [-0.2, 0) is 5.75 Å². The van der Waals surface area contributed by atoms with Gasteiger partial charge in [0.25, 0.3) is 5.89 Å². The minimum absolute atomic E-state index is 0.274. The second-order valence-electron chi connectivity index (χ2n) is 4.55. The van der Waals surface area contributed by atoms with Gasteiger partial charge in [0.05, 0.1) is 5.75 Å². The fourth-order valence-electron chi connectivity index (χ4n) is 1.55. The molecule has 0 aliphatic heterocycles. The van der Waals surface area contributed by atoms with Crippen molar-refractivity contribution in [1.82, 2.24) is 10.1 Å². The summed E-state index contributed by atoms with van der Waals surface area (Å²) in [5, 5.41) is 14.1. The largest absolute Gasteiger partial charge is 0.508 e. The summed E-state index contributed by atoms with van der Waals surface area (Å²) in [5.41, 5.74) is 1.63. The van der Waals surface area contributed by atoms with Crippen molar-refractivity contribution in [3.63, 3.8) is 0 Å². The first-order chi connectivity index (χ1) is 9.10. The normalized spacial score (nSPS) is 12.6. The Labute approximate surface area is 117 Å². The van der Waals surface area contributed by atoms with Gasteiger partial charge in [-0.2, -0.15) is 16.7 Å². The molecule has 102 valence electrons. The van der Waals surface area contributed by atoms with E-state index in [2.05, 4.69) is 24.0 Å². The summed E-state index contributed by atoms with van der Waals surface area (Å²) in [5.74, 6) is 2.25. The summed E-state index contributed by atoms with van der Waals surface area (Å²) in [6, 6.07) is 5.26. The Bertz CT molecular complexity index is 554. The van der Waals surface area contributed by atoms with E-state index in [1.54, 1.807) is 12.1 Å². The van der Waals surface area contributed by atoms with Crippen molar-refractivity contribution in [2.45, 2.75) is 38.2 Å². The lowest BCUT2D eigenvalue weighted by Gasteiger charge is -2.04. The molecule has 4 nitrogen and oxygen atoms in total. The van der Waals surface area contributed by atoms with E-state index in [9.17, 15) is 5.11 Å². The second kappa shape index (κ2) is 6.10. The molecule has 0 aliphatic rings. The van der Waals surface area contributed by atoms with Crippen molar-refractivity contribution >= 4 is 11.8 Å². The number of aromatic hydroxyl groups is 1. The van der Waals surface area contributed by atoms with Crippen LogP contribution in [0.25, 0.3) is 11.5 Å². The molecule has 1 unspecified atom stereocenters. The summed E-state index contributed by atoms with van der Waals surface area (Å²) in [6.45, 7) is 6.20. The average molecular weight is 278 g/mol. The number of hydrogen-bond acceptors (Lipinski definition) is 5. The van der Waals surface area contributed by atoms with Crippen LogP contribution in [0, 0.1) is 6.92 Å². The van der Waals surface area contributed by atoms with Gasteiger partial charge in [0.2, 0.25) is 0 Å².